The van der Waals surface area contributed by atoms with Crippen LogP contribution in [0.5, 0.6) is 0 Å². The summed E-state index contributed by atoms with van der Waals surface area (Å²) in [6.07, 6.45) is -0.424. The van der Waals surface area contributed by atoms with Gasteiger partial charge in [0.05, 0.1) is 12.1 Å². The molecule has 0 saturated heterocycles. The van der Waals surface area contributed by atoms with Gasteiger partial charge in [-0.15, -0.1) is 0 Å². The number of nitrogens with zero attached hydrogens (tertiary/aromatic N) is 1. The minimum absolute atomic E-state index is 0.0845. The Hall–Kier alpha value is -2.63. The van der Waals surface area contributed by atoms with Crippen molar-refractivity contribution in [1.82, 2.24) is 9.55 Å². The first-order chi connectivity index (χ1) is 9.79. The van der Waals surface area contributed by atoms with E-state index in [4.69, 9.17) is 5.11 Å². The fraction of sp³-hybridized carbons (Fsp3) is 0.267. The maximum absolute atomic E-state index is 12.4. The molecule has 0 saturated carbocycles. The van der Waals surface area contributed by atoms with Crippen LogP contribution in [0, 0.1) is 20.8 Å². The third-order valence-electron chi connectivity index (χ3n) is 3.20. The number of benzene rings is 1. The molecule has 6 nitrogen and oxygen atoms in total. The summed E-state index contributed by atoms with van der Waals surface area (Å²) < 4.78 is 0.977. The zero-order chi connectivity index (χ0) is 15.7. The van der Waals surface area contributed by atoms with Crippen LogP contribution < -0.4 is 11.2 Å². The number of carboxylic acid groups (broad SMARTS) is 1. The van der Waals surface area contributed by atoms with Crippen molar-refractivity contribution in [1.29, 1.82) is 0 Å². The van der Waals surface area contributed by atoms with Crippen molar-refractivity contribution in [2.24, 2.45) is 0 Å². The molecule has 0 atom stereocenters. The maximum Gasteiger partial charge on any atom is 0.333 e. The lowest BCUT2D eigenvalue weighted by molar-refractivity contribution is -0.136. The quantitative estimate of drug-likeness (QED) is 0.884. The van der Waals surface area contributed by atoms with Crippen molar-refractivity contribution in [3.05, 3.63) is 61.4 Å². The third kappa shape index (κ3) is 2.94. The van der Waals surface area contributed by atoms with Gasteiger partial charge in [0.25, 0.3) is 5.56 Å². The predicted octanol–water partition coefficient (Wildman–Crippen LogP) is 1.08. The lowest BCUT2D eigenvalue weighted by Crippen LogP contribution is -2.37. The van der Waals surface area contributed by atoms with Gasteiger partial charge in [-0.2, -0.15) is 0 Å². The second-order valence-electron chi connectivity index (χ2n) is 5.09. The van der Waals surface area contributed by atoms with E-state index in [1.807, 2.05) is 19.9 Å². The molecule has 0 bridgehead atoms. The van der Waals surface area contributed by atoms with Gasteiger partial charge in [0.15, 0.2) is 0 Å². The van der Waals surface area contributed by atoms with E-state index < -0.39 is 23.6 Å². The Bertz CT molecular complexity index is 810. The van der Waals surface area contributed by atoms with Crippen molar-refractivity contribution in [2.45, 2.75) is 27.2 Å². The van der Waals surface area contributed by atoms with E-state index in [9.17, 15) is 14.4 Å². The summed E-state index contributed by atoms with van der Waals surface area (Å²) in [6.45, 7) is 5.25. The van der Waals surface area contributed by atoms with Crippen LogP contribution in [0.2, 0.25) is 0 Å². The summed E-state index contributed by atoms with van der Waals surface area (Å²) in [5.41, 5.74) is 1.47. The van der Waals surface area contributed by atoms with Gasteiger partial charge < -0.3 is 10.1 Å². The minimum Gasteiger partial charge on any atom is -0.481 e. The number of hydrogen-bond acceptors (Lipinski definition) is 3. The highest BCUT2D eigenvalue weighted by Gasteiger charge is 2.15. The highest BCUT2D eigenvalue weighted by atomic mass is 16.4. The van der Waals surface area contributed by atoms with Crippen LogP contribution in [-0.2, 0) is 11.2 Å². The molecule has 1 aromatic carbocycles. The maximum atomic E-state index is 12.4. The Morgan fingerprint density at radius 1 is 1.14 bits per heavy atom. The molecule has 0 radical (unpaired) electrons. The highest BCUT2D eigenvalue weighted by Crippen LogP contribution is 2.11. The van der Waals surface area contributed by atoms with Gasteiger partial charge in [-0.05, 0) is 44.0 Å². The molecule has 1 aromatic heterocycles. The average molecular weight is 288 g/mol. The van der Waals surface area contributed by atoms with Crippen LogP contribution in [0.4, 0.5) is 0 Å². The summed E-state index contributed by atoms with van der Waals surface area (Å²) in [7, 11) is 0. The van der Waals surface area contributed by atoms with Crippen LogP contribution in [0.3, 0.4) is 0 Å². The number of aromatic nitrogens is 2. The highest BCUT2D eigenvalue weighted by molar-refractivity contribution is 5.70. The number of nitrogens with one attached hydrogen (secondary N) is 1. The van der Waals surface area contributed by atoms with E-state index in [0.29, 0.717) is 5.69 Å². The van der Waals surface area contributed by atoms with Gasteiger partial charge in [-0.3, -0.25) is 9.59 Å². The van der Waals surface area contributed by atoms with Crippen molar-refractivity contribution in [3.8, 4) is 5.69 Å². The molecule has 6 heteroatoms. The van der Waals surface area contributed by atoms with Crippen LogP contribution in [-0.4, -0.2) is 20.6 Å². The van der Waals surface area contributed by atoms with E-state index in [1.165, 1.54) is 6.92 Å². The summed E-state index contributed by atoms with van der Waals surface area (Å²) >= 11 is 0. The molecule has 21 heavy (non-hydrogen) atoms. The third-order valence-corrected chi connectivity index (χ3v) is 3.20. The van der Waals surface area contributed by atoms with Crippen LogP contribution in [0.25, 0.3) is 5.69 Å². The number of hydrogen-bond donors (Lipinski definition) is 2. The molecule has 2 rings (SSSR count). The van der Waals surface area contributed by atoms with Crippen molar-refractivity contribution in [2.75, 3.05) is 0 Å². The molecule has 0 unspecified atom stereocenters. The number of aliphatic carboxylic acids is 1. The smallest absolute Gasteiger partial charge is 0.333 e. The number of aromatic amines is 1. The SMILES string of the molecule is Cc1cc(C)cc(-n2c(=O)[nH]c(C)c(CC(=O)O)c2=O)c1. The number of carbonyl (C=O) groups is 1. The van der Waals surface area contributed by atoms with E-state index in [0.717, 1.165) is 15.7 Å². The Morgan fingerprint density at radius 3 is 2.24 bits per heavy atom. The molecule has 0 aliphatic carbocycles. The molecule has 2 aromatic rings. The Balaban J connectivity index is 2.77. The Morgan fingerprint density at radius 2 is 1.71 bits per heavy atom. The lowest BCUT2D eigenvalue weighted by Gasteiger charge is -2.10. The van der Waals surface area contributed by atoms with E-state index in [-0.39, 0.29) is 11.3 Å². The van der Waals surface area contributed by atoms with Crippen molar-refractivity contribution in [3.63, 3.8) is 0 Å². The van der Waals surface area contributed by atoms with Crippen LogP contribution in [0.15, 0.2) is 27.8 Å². The number of H-pyrrole nitrogens is 1. The second-order valence-corrected chi connectivity index (χ2v) is 5.09. The average Bonchev–Trinajstić information content (AvgIpc) is 2.32. The molecule has 2 N–H and O–H groups in total. The summed E-state index contributed by atoms with van der Waals surface area (Å²) in [6, 6.07) is 5.35. The molecule has 0 amide bonds. The standard InChI is InChI=1S/C15H16N2O4/c1-8-4-9(2)6-11(5-8)17-14(20)12(7-13(18)19)10(3)16-15(17)21/h4-6H,7H2,1-3H3,(H,16,21)(H,18,19). The Labute approximate surface area is 120 Å². The largest absolute Gasteiger partial charge is 0.481 e. The summed E-state index contributed by atoms with van der Waals surface area (Å²) in [5.74, 6) is -1.12. The Kier molecular flexibility index (Phi) is 3.80. The van der Waals surface area contributed by atoms with Gasteiger partial charge >= 0.3 is 11.7 Å². The molecular weight excluding hydrogens is 272 g/mol. The first kappa shape index (κ1) is 14.8. The second kappa shape index (κ2) is 5.40. The predicted molar refractivity (Wildman–Crippen MR) is 78.2 cm³/mol. The summed E-state index contributed by atoms with van der Waals surface area (Å²) in [5, 5.41) is 8.89. The van der Waals surface area contributed by atoms with E-state index in [2.05, 4.69) is 4.98 Å². The minimum atomic E-state index is -1.12. The normalized spacial score (nSPS) is 10.6. The number of aryl methyl sites for hydroxylation is 3. The van der Waals surface area contributed by atoms with Crippen LogP contribution in [0.1, 0.15) is 22.4 Å². The molecular formula is C15H16N2O4. The molecule has 110 valence electrons. The number of rotatable bonds is 3. The molecule has 0 spiro atoms. The van der Waals surface area contributed by atoms with Crippen molar-refractivity contribution < 1.29 is 9.90 Å². The molecule has 0 fully saturated rings. The number of carboxylic acids is 1. The zero-order valence-corrected chi connectivity index (χ0v) is 12.1. The molecule has 0 aliphatic heterocycles. The van der Waals surface area contributed by atoms with Gasteiger partial charge in [-0.1, -0.05) is 6.07 Å². The van der Waals surface area contributed by atoms with Gasteiger partial charge in [-0.25, -0.2) is 9.36 Å². The first-order valence-corrected chi connectivity index (χ1v) is 6.45. The topological polar surface area (TPSA) is 92.2 Å². The van der Waals surface area contributed by atoms with Gasteiger partial charge in [0, 0.05) is 11.3 Å². The fourth-order valence-electron chi connectivity index (χ4n) is 2.35. The van der Waals surface area contributed by atoms with Crippen molar-refractivity contribution >= 4 is 5.97 Å². The van der Waals surface area contributed by atoms with Gasteiger partial charge in [0.1, 0.15) is 0 Å². The summed E-state index contributed by atoms with van der Waals surface area (Å²) in [4.78, 5) is 37.9. The molecule has 1 heterocycles. The van der Waals surface area contributed by atoms with Crippen LogP contribution >= 0.6 is 0 Å². The molecule has 0 aliphatic rings. The lowest BCUT2D eigenvalue weighted by atomic mass is 10.1. The monoisotopic (exact) mass is 288 g/mol. The van der Waals surface area contributed by atoms with E-state index >= 15 is 0 Å². The first-order valence-electron chi connectivity index (χ1n) is 6.45. The van der Waals surface area contributed by atoms with Gasteiger partial charge in [0.2, 0.25) is 0 Å². The fourth-order valence-corrected chi connectivity index (χ4v) is 2.35. The zero-order valence-electron chi connectivity index (χ0n) is 12.1. The van der Waals surface area contributed by atoms with E-state index in [1.54, 1.807) is 12.1 Å².